The molecule has 8 nitrogen and oxygen atoms in total. The van der Waals surface area contributed by atoms with Gasteiger partial charge in [0.1, 0.15) is 23.4 Å². The average Bonchev–Trinajstić information content (AvgIpc) is 2.85. The minimum Gasteiger partial charge on any atom is -0.508 e. The molecule has 38 heavy (non-hydrogen) atoms. The molecule has 0 heterocycles. The van der Waals surface area contributed by atoms with E-state index in [4.69, 9.17) is 4.74 Å². The van der Waals surface area contributed by atoms with Gasteiger partial charge < -0.3 is 25.4 Å². The van der Waals surface area contributed by atoms with Crippen LogP contribution < -0.4 is 10.6 Å². The Labute approximate surface area is 229 Å². The van der Waals surface area contributed by atoms with Crippen LogP contribution in [0.1, 0.15) is 111 Å². The third kappa shape index (κ3) is 11.3. The molecule has 3 atom stereocenters. The predicted octanol–water partition coefficient (Wildman–Crippen LogP) is 6.09. The van der Waals surface area contributed by atoms with Crippen LogP contribution in [0.3, 0.4) is 0 Å². The molecular formula is C30H51N3O5. The Hall–Kier alpha value is -2.77. The molecule has 0 aliphatic heterocycles. The first kappa shape index (κ1) is 33.3. The summed E-state index contributed by atoms with van der Waals surface area (Å²) in [5, 5.41) is 16.5. The number of alkyl carbamates (subject to hydrolysis) is 1. The van der Waals surface area contributed by atoms with E-state index in [0.29, 0.717) is 31.5 Å². The molecule has 0 aliphatic rings. The molecule has 0 fully saturated rings. The van der Waals surface area contributed by atoms with Crippen LogP contribution in [0.5, 0.6) is 5.75 Å². The van der Waals surface area contributed by atoms with Crippen LogP contribution in [0.2, 0.25) is 0 Å². The van der Waals surface area contributed by atoms with Crippen LogP contribution in [0.4, 0.5) is 4.79 Å². The Morgan fingerprint density at radius 1 is 0.974 bits per heavy atom. The Kier molecular flexibility index (Phi) is 14.8. The molecule has 1 aromatic carbocycles. The third-order valence-corrected chi connectivity index (χ3v) is 6.56. The highest BCUT2D eigenvalue weighted by atomic mass is 16.6. The van der Waals surface area contributed by atoms with Crippen molar-refractivity contribution in [1.29, 1.82) is 0 Å². The number of amides is 3. The van der Waals surface area contributed by atoms with Crippen molar-refractivity contribution >= 4 is 17.9 Å². The monoisotopic (exact) mass is 533 g/mol. The molecule has 1 aromatic rings. The summed E-state index contributed by atoms with van der Waals surface area (Å²) in [5.41, 5.74) is -0.353. The van der Waals surface area contributed by atoms with Crippen LogP contribution in [-0.4, -0.2) is 52.6 Å². The van der Waals surface area contributed by atoms with Gasteiger partial charge in [0.05, 0.1) is 0 Å². The summed E-state index contributed by atoms with van der Waals surface area (Å²) >= 11 is 0. The summed E-state index contributed by atoms with van der Waals surface area (Å²) in [6.45, 7) is 14.2. The Morgan fingerprint density at radius 2 is 1.61 bits per heavy atom. The van der Waals surface area contributed by atoms with Crippen molar-refractivity contribution in [3.05, 3.63) is 29.8 Å². The van der Waals surface area contributed by atoms with Gasteiger partial charge in [-0.1, -0.05) is 84.4 Å². The summed E-state index contributed by atoms with van der Waals surface area (Å²) in [4.78, 5) is 42.1. The maximum Gasteiger partial charge on any atom is 0.408 e. The van der Waals surface area contributed by atoms with E-state index in [1.54, 1.807) is 39.0 Å². The maximum absolute atomic E-state index is 14.2. The lowest BCUT2D eigenvalue weighted by Gasteiger charge is -2.36. The second kappa shape index (κ2) is 16.9. The van der Waals surface area contributed by atoms with Gasteiger partial charge in [0.25, 0.3) is 0 Å². The number of rotatable bonds is 16. The topological polar surface area (TPSA) is 108 Å². The average molecular weight is 534 g/mol. The van der Waals surface area contributed by atoms with E-state index in [1.165, 1.54) is 11.0 Å². The molecule has 0 aromatic heterocycles. The summed E-state index contributed by atoms with van der Waals surface area (Å²) < 4.78 is 5.45. The van der Waals surface area contributed by atoms with Crippen LogP contribution >= 0.6 is 0 Å². The van der Waals surface area contributed by atoms with Gasteiger partial charge >= 0.3 is 6.09 Å². The number of carbonyl (C=O) groups is 3. The molecule has 3 amide bonds. The number of hydrogen-bond acceptors (Lipinski definition) is 5. The van der Waals surface area contributed by atoms with Gasteiger partial charge in [-0.15, -0.1) is 0 Å². The lowest BCUT2D eigenvalue weighted by molar-refractivity contribution is -0.143. The number of benzene rings is 1. The number of ether oxygens (including phenoxy) is 1. The summed E-state index contributed by atoms with van der Waals surface area (Å²) in [7, 11) is 0. The summed E-state index contributed by atoms with van der Waals surface area (Å²) in [6, 6.07) is 4.72. The number of carbonyl (C=O) groups excluding carboxylic acids is 3. The highest BCUT2D eigenvalue weighted by Gasteiger charge is 2.38. The van der Waals surface area contributed by atoms with Crippen LogP contribution in [-0.2, 0) is 14.3 Å². The molecule has 0 saturated carbocycles. The highest BCUT2D eigenvalue weighted by Crippen LogP contribution is 2.31. The lowest BCUT2D eigenvalue weighted by atomic mass is 9.95. The number of nitrogens with zero attached hydrogens (tertiary/aromatic N) is 1. The fourth-order valence-electron chi connectivity index (χ4n) is 4.22. The number of phenols is 1. The van der Waals surface area contributed by atoms with Crippen molar-refractivity contribution in [2.24, 2.45) is 5.92 Å². The van der Waals surface area contributed by atoms with Crippen molar-refractivity contribution in [3.8, 4) is 5.75 Å². The number of para-hydroxylation sites is 1. The first-order chi connectivity index (χ1) is 18.0. The summed E-state index contributed by atoms with van der Waals surface area (Å²) in [5.74, 6) is -0.955. The van der Waals surface area contributed by atoms with E-state index in [1.807, 2.05) is 13.8 Å². The third-order valence-electron chi connectivity index (χ3n) is 6.56. The predicted molar refractivity (Wildman–Crippen MR) is 152 cm³/mol. The van der Waals surface area contributed by atoms with Gasteiger partial charge in [-0.05, 0) is 45.6 Å². The maximum atomic E-state index is 14.2. The molecule has 216 valence electrons. The second-order valence-corrected chi connectivity index (χ2v) is 11.1. The zero-order chi connectivity index (χ0) is 28.7. The van der Waals surface area contributed by atoms with Crippen LogP contribution in [0.15, 0.2) is 24.3 Å². The molecule has 0 radical (unpaired) electrons. The number of unbranched alkanes of at least 4 members (excludes halogenated alkanes) is 5. The molecule has 0 saturated heterocycles. The van der Waals surface area contributed by atoms with Gasteiger partial charge in [-0.25, -0.2) is 4.79 Å². The first-order valence-electron chi connectivity index (χ1n) is 14.3. The van der Waals surface area contributed by atoms with Gasteiger partial charge in [-0.2, -0.15) is 0 Å². The zero-order valence-electron chi connectivity index (χ0n) is 24.6. The summed E-state index contributed by atoms with van der Waals surface area (Å²) in [6.07, 6.45) is 6.44. The van der Waals surface area contributed by atoms with E-state index < -0.39 is 23.8 Å². The van der Waals surface area contributed by atoms with Gasteiger partial charge in [-0.3, -0.25) is 9.59 Å². The van der Waals surface area contributed by atoms with Crippen molar-refractivity contribution in [2.75, 3.05) is 13.1 Å². The van der Waals surface area contributed by atoms with Gasteiger partial charge in [0, 0.05) is 18.7 Å². The molecule has 3 N–H and O–H groups in total. The van der Waals surface area contributed by atoms with Crippen molar-refractivity contribution in [3.63, 3.8) is 0 Å². The normalized spacial score (nSPS) is 13.8. The number of phenolic OH excluding ortho intramolecular Hbond substituents is 1. The number of nitrogens with one attached hydrogen (secondary N) is 2. The fraction of sp³-hybridized carbons (Fsp3) is 0.700. The van der Waals surface area contributed by atoms with Crippen LogP contribution in [0.25, 0.3) is 0 Å². The first-order valence-corrected chi connectivity index (χ1v) is 14.3. The minimum atomic E-state index is -1.03. The lowest BCUT2D eigenvalue weighted by Crippen LogP contribution is -2.55. The molecular weight excluding hydrogens is 482 g/mol. The zero-order valence-corrected chi connectivity index (χ0v) is 24.6. The molecule has 0 bridgehead atoms. The van der Waals surface area contributed by atoms with E-state index in [-0.39, 0.29) is 23.5 Å². The number of aromatic hydroxyl groups is 1. The quantitative estimate of drug-likeness (QED) is 0.223. The molecule has 3 unspecified atom stereocenters. The van der Waals surface area contributed by atoms with Crippen molar-refractivity contribution < 1.29 is 24.2 Å². The van der Waals surface area contributed by atoms with Crippen molar-refractivity contribution in [2.45, 2.75) is 118 Å². The molecule has 0 spiro atoms. The Balaban J connectivity index is 3.46. The smallest absolute Gasteiger partial charge is 0.408 e. The molecule has 8 heteroatoms. The van der Waals surface area contributed by atoms with E-state index in [2.05, 4.69) is 24.5 Å². The standard InChI is InChI=1S/C30H51N3O5/c1-8-11-13-17-21-33(28(36)25(22(4)10-3)32-29(37)38-30(5,6)7)26(23-18-14-15-19-24(23)34)27(35)31-20-16-12-9-2/h14-15,18-19,22,25-26,34H,8-13,16-17,20-21H2,1-7H3,(H,31,35)(H,32,37). The van der Waals surface area contributed by atoms with Gasteiger partial charge in [0.2, 0.25) is 11.8 Å². The molecule has 0 aliphatic carbocycles. The molecule has 1 rings (SSSR count). The highest BCUT2D eigenvalue weighted by molar-refractivity contribution is 5.92. The number of hydrogen-bond donors (Lipinski definition) is 3. The van der Waals surface area contributed by atoms with E-state index >= 15 is 0 Å². The Morgan fingerprint density at radius 3 is 2.18 bits per heavy atom. The largest absolute Gasteiger partial charge is 0.508 e. The van der Waals surface area contributed by atoms with E-state index in [9.17, 15) is 19.5 Å². The van der Waals surface area contributed by atoms with Gasteiger partial charge in [0.15, 0.2) is 0 Å². The second-order valence-electron chi connectivity index (χ2n) is 11.1. The fourth-order valence-corrected chi connectivity index (χ4v) is 4.22. The van der Waals surface area contributed by atoms with Crippen molar-refractivity contribution in [1.82, 2.24) is 15.5 Å². The van der Waals surface area contributed by atoms with E-state index in [0.717, 1.165) is 38.5 Å². The Bertz CT molecular complexity index is 868. The van der Waals surface area contributed by atoms with Crippen LogP contribution in [0, 0.1) is 5.92 Å². The SMILES string of the molecule is CCCCCCN(C(=O)C(NC(=O)OC(C)(C)C)C(C)CC)C(C(=O)NCCCCC)c1ccccc1O. The minimum absolute atomic E-state index is 0.0484.